The number of amides is 1. The Morgan fingerprint density at radius 1 is 1.26 bits per heavy atom. The first-order chi connectivity index (χ1) is 13.2. The maximum absolute atomic E-state index is 12.8. The number of rotatable bonds is 9. The zero-order valence-electron chi connectivity index (χ0n) is 16.1. The summed E-state index contributed by atoms with van der Waals surface area (Å²) in [5, 5.41) is 14.4. The van der Waals surface area contributed by atoms with Crippen molar-refractivity contribution < 1.29 is 4.79 Å². The Kier molecular flexibility index (Phi) is 7.33. The van der Waals surface area contributed by atoms with Crippen molar-refractivity contribution in [1.82, 2.24) is 30.4 Å². The molecule has 0 spiro atoms. The van der Waals surface area contributed by atoms with Crippen LogP contribution in [0.3, 0.4) is 0 Å². The fourth-order valence-corrected chi connectivity index (χ4v) is 3.82. The van der Waals surface area contributed by atoms with Gasteiger partial charge in [0.05, 0.1) is 0 Å². The molecular formula is C20H30N6O. The fourth-order valence-electron chi connectivity index (χ4n) is 3.82. The van der Waals surface area contributed by atoms with Crippen molar-refractivity contribution in [2.24, 2.45) is 0 Å². The lowest BCUT2D eigenvalue weighted by Crippen LogP contribution is -2.38. The van der Waals surface area contributed by atoms with E-state index < -0.39 is 6.04 Å². The van der Waals surface area contributed by atoms with Crippen molar-refractivity contribution in [2.45, 2.75) is 57.0 Å². The van der Waals surface area contributed by atoms with Crippen molar-refractivity contribution in [2.75, 3.05) is 20.1 Å². The molecule has 1 N–H and O–H groups in total. The summed E-state index contributed by atoms with van der Waals surface area (Å²) < 4.78 is 1.54. The second-order valence-corrected chi connectivity index (χ2v) is 7.41. The van der Waals surface area contributed by atoms with Crippen LogP contribution in [0.5, 0.6) is 0 Å². The van der Waals surface area contributed by atoms with E-state index in [9.17, 15) is 4.79 Å². The quantitative estimate of drug-likeness (QED) is 0.685. The van der Waals surface area contributed by atoms with E-state index in [0.29, 0.717) is 19.0 Å². The van der Waals surface area contributed by atoms with E-state index in [1.54, 1.807) is 0 Å². The fraction of sp³-hybridized carbons (Fsp3) is 0.600. The van der Waals surface area contributed by atoms with Crippen molar-refractivity contribution in [1.29, 1.82) is 0 Å². The van der Waals surface area contributed by atoms with Gasteiger partial charge in [0.2, 0.25) is 5.91 Å². The topological polar surface area (TPSA) is 75.9 Å². The van der Waals surface area contributed by atoms with Gasteiger partial charge in [0, 0.05) is 19.0 Å². The zero-order chi connectivity index (χ0) is 18.9. The maximum Gasteiger partial charge on any atom is 0.245 e. The number of carbonyl (C=O) groups is 1. The molecule has 2 aromatic rings. The van der Waals surface area contributed by atoms with Gasteiger partial charge >= 0.3 is 0 Å². The van der Waals surface area contributed by atoms with Crippen LogP contribution >= 0.6 is 0 Å². The highest BCUT2D eigenvalue weighted by Gasteiger charge is 2.22. The van der Waals surface area contributed by atoms with Crippen LogP contribution < -0.4 is 5.32 Å². The monoisotopic (exact) mass is 370 g/mol. The lowest BCUT2D eigenvalue weighted by atomic mass is 9.94. The summed E-state index contributed by atoms with van der Waals surface area (Å²) >= 11 is 0. The van der Waals surface area contributed by atoms with Gasteiger partial charge in [-0.3, -0.25) is 4.79 Å². The summed E-state index contributed by atoms with van der Waals surface area (Å²) in [5.74, 6) is -0.0357. The molecule has 1 saturated carbocycles. The number of carbonyl (C=O) groups excluding carboxylic acids is 1. The average Bonchev–Trinajstić information content (AvgIpc) is 3.25. The lowest BCUT2D eigenvalue weighted by molar-refractivity contribution is -0.124. The number of hydrogen-bond donors (Lipinski definition) is 1. The number of tetrazole rings is 1. The van der Waals surface area contributed by atoms with E-state index in [2.05, 4.69) is 32.8 Å². The molecule has 1 heterocycles. The molecule has 146 valence electrons. The first kappa shape index (κ1) is 19.5. The normalized spacial score (nSPS) is 16.4. The lowest BCUT2D eigenvalue weighted by Gasteiger charge is -2.31. The second-order valence-electron chi connectivity index (χ2n) is 7.41. The highest BCUT2D eigenvalue weighted by molar-refractivity contribution is 5.80. The van der Waals surface area contributed by atoms with Gasteiger partial charge in [0.25, 0.3) is 0 Å². The second kappa shape index (κ2) is 10.2. The van der Waals surface area contributed by atoms with E-state index >= 15 is 0 Å². The van der Waals surface area contributed by atoms with Gasteiger partial charge in [0.1, 0.15) is 12.4 Å². The van der Waals surface area contributed by atoms with E-state index in [1.165, 1.54) is 43.1 Å². The molecule has 1 aromatic carbocycles. The predicted octanol–water partition coefficient (Wildman–Crippen LogP) is 2.23. The molecule has 1 aromatic heterocycles. The molecule has 0 saturated heterocycles. The van der Waals surface area contributed by atoms with Crippen LogP contribution in [0.25, 0.3) is 0 Å². The molecule has 27 heavy (non-hydrogen) atoms. The Morgan fingerprint density at radius 3 is 2.74 bits per heavy atom. The first-order valence-electron chi connectivity index (χ1n) is 9.98. The van der Waals surface area contributed by atoms with Gasteiger partial charge in [0.15, 0.2) is 0 Å². The molecule has 0 aliphatic heterocycles. The first-order valence-corrected chi connectivity index (χ1v) is 9.98. The molecular weight excluding hydrogens is 340 g/mol. The van der Waals surface area contributed by atoms with Gasteiger partial charge < -0.3 is 10.2 Å². The Bertz CT molecular complexity index is 669. The molecule has 7 nitrogen and oxygen atoms in total. The van der Waals surface area contributed by atoms with Crippen LogP contribution in [0, 0.1) is 0 Å². The zero-order valence-corrected chi connectivity index (χ0v) is 16.1. The molecule has 0 radical (unpaired) electrons. The Balaban J connectivity index is 1.47. The number of hydrogen-bond acceptors (Lipinski definition) is 5. The number of nitrogens with zero attached hydrogens (tertiary/aromatic N) is 5. The molecule has 1 amide bonds. The molecule has 1 atom stereocenters. The minimum atomic E-state index is -0.432. The molecule has 1 fully saturated rings. The van der Waals surface area contributed by atoms with E-state index in [1.807, 2.05) is 30.3 Å². The molecule has 0 bridgehead atoms. The van der Waals surface area contributed by atoms with Crippen LogP contribution in [0.2, 0.25) is 0 Å². The molecule has 1 aliphatic rings. The Morgan fingerprint density at radius 2 is 2.04 bits per heavy atom. The largest absolute Gasteiger partial charge is 0.354 e. The third-order valence-electron chi connectivity index (χ3n) is 5.44. The van der Waals surface area contributed by atoms with Crippen LogP contribution in [0.4, 0.5) is 0 Å². The van der Waals surface area contributed by atoms with Crippen LogP contribution in [-0.2, 0) is 11.2 Å². The van der Waals surface area contributed by atoms with Crippen molar-refractivity contribution in [3.8, 4) is 0 Å². The predicted molar refractivity (Wildman–Crippen MR) is 104 cm³/mol. The molecule has 3 rings (SSSR count). The molecule has 1 unspecified atom stereocenters. The summed E-state index contributed by atoms with van der Waals surface area (Å²) in [6.07, 6.45) is 9.71. The minimum absolute atomic E-state index is 0.0357. The number of nitrogens with one attached hydrogen (secondary N) is 1. The summed E-state index contributed by atoms with van der Waals surface area (Å²) in [5.41, 5.74) is 1.09. The Labute approximate surface area is 161 Å². The average molecular weight is 371 g/mol. The molecule has 7 heteroatoms. The van der Waals surface area contributed by atoms with Gasteiger partial charge in [-0.05, 0) is 48.8 Å². The van der Waals surface area contributed by atoms with Crippen LogP contribution in [-0.4, -0.2) is 57.2 Å². The SMILES string of the molecule is CN(CCCNC(=O)C(Cc1ccccc1)n1cnnn1)C1CCCCC1. The highest BCUT2D eigenvalue weighted by Crippen LogP contribution is 2.21. The maximum atomic E-state index is 12.8. The third kappa shape index (κ3) is 5.85. The summed E-state index contributed by atoms with van der Waals surface area (Å²) in [7, 11) is 2.21. The minimum Gasteiger partial charge on any atom is -0.354 e. The van der Waals surface area contributed by atoms with E-state index in [4.69, 9.17) is 0 Å². The Hall–Kier alpha value is -2.28. The smallest absolute Gasteiger partial charge is 0.245 e. The standard InChI is InChI=1S/C20H30N6O/c1-25(18-11-6-3-7-12-18)14-8-13-21-20(27)19(26-16-22-23-24-26)15-17-9-4-2-5-10-17/h2,4-5,9-10,16,18-19H,3,6-8,11-15H2,1H3,(H,21,27). The van der Waals surface area contributed by atoms with Gasteiger partial charge in [-0.1, -0.05) is 49.6 Å². The summed E-state index contributed by atoms with van der Waals surface area (Å²) in [4.78, 5) is 15.2. The van der Waals surface area contributed by atoms with E-state index in [0.717, 1.165) is 18.5 Å². The van der Waals surface area contributed by atoms with Gasteiger partial charge in [-0.15, -0.1) is 5.10 Å². The third-order valence-corrected chi connectivity index (χ3v) is 5.44. The van der Waals surface area contributed by atoms with Gasteiger partial charge in [-0.2, -0.15) is 0 Å². The van der Waals surface area contributed by atoms with Crippen LogP contribution in [0.1, 0.15) is 50.1 Å². The van der Waals surface area contributed by atoms with Crippen molar-refractivity contribution >= 4 is 5.91 Å². The number of benzene rings is 1. The van der Waals surface area contributed by atoms with Crippen molar-refractivity contribution in [3.05, 3.63) is 42.2 Å². The van der Waals surface area contributed by atoms with Crippen molar-refractivity contribution in [3.63, 3.8) is 0 Å². The van der Waals surface area contributed by atoms with Crippen LogP contribution in [0.15, 0.2) is 36.7 Å². The highest BCUT2D eigenvalue weighted by atomic mass is 16.2. The summed E-state index contributed by atoms with van der Waals surface area (Å²) in [6, 6.07) is 10.2. The molecule has 1 aliphatic carbocycles. The van der Waals surface area contributed by atoms with E-state index in [-0.39, 0.29) is 5.91 Å². The van der Waals surface area contributed by atoms with Gasteiger partial charge in [-0.25, -0.2) is 4.68 Å². The summed E-state index contributed by atoms with van der Waals surface area (Å²) in [6.45, 7) is 1.68. The number of aromatic nitrogens is 4.